The number of phosphoric acid groups is 2. The topological polar surface area (TPSA) is 197 Å². The third kappa shape index (κ3) is 7.41. The predicted molar refractivity (Wildman–Crippen MR) is 98.9 cm³/mol. The van der Waals surface area contributed by atoms with Crippen molar-refractivity contribution in [1.82, 2.24) is 0 Å². The first kappa shape index (κ1) is 24.9. The van der Waals surface area contributed by atoms with E-state index in [2.05, 4.69) is 16.6 Å². The van der Waals surface area contributed by atoms with Crippen molar-refractivity contribution < 1.29 is 56.9 Å². The van der Waals surface area contributed by atoms with Gasteiger partial charge in [-0.2, -0.15) is 24.8 Å². The predicted octanol–water partition coefficient (Wildman–Crippen LogP) is 2.69. The van der Waals surface area contributed by atoms with Crippen LogP contribution in [0.1, 0.15) is 0 Å². The van der Waals surface area contributed by atoms with E-state index in [4.69, 9.17) is 0 Å². The van der Waals surface area contributed by atoms with Gasteiger partial charge in [-0.05, 0) is 32.9 Å². The molecule has 2 rings (SSSR count). The van der Waals surface area contributed by atoms with Crippen LogP contribution in [0.4, 0.5) is 0 Å². The van der Waals surface area contributed by atoms with Crippen LogP contribution in [-0.2, 0) is 50.5 Å². The molecular weight excluding hydrogens is 509 g/mol. The van der Waals surface area contributed by atoms with Gasteiger partial charge in [-0.15, -0.1) is 0 Å². The van der Waals surface area contributed by atoms with Gasteiger partial charge in [0.05, 0.1) is 9.79 Å². The third-order valence-electron chi connectivity index (χ3n) is 2.79. The first-order chi connectivity index (χ1) is 13.7. The molecule has 0 fully saturated rings. The lowest BCUT2D eigenvalue weighted by molar-refractivity contribution is 0.261. The van der Waals surface area contributed by atoms with Crippen molar-refractivity contribution >= 4 is 44.1 Å². The van der Waals surface area contributed by atoms with Crippen LogP contribution in [0.5, 0.6) is 0 Å². The minimum absolute atomic E-state index is 0.552. The summed E-state index contributed by atoms with van der Waals surface area (Å²) in [5, 5.41) is 0. The quantitative estimate of drug-likeness (QED) is 0.433. The molecule has 13 nitrogen and oxygen atoms in total. The second kappa shape index (κ2) is 9.43. The number of rotatable bonds is 10. The molecule has 164 valence electrons. The van der Waals surface area contributed by atoms with E-state index in [-0.39, 0.29) is 0 Å². The van der Waals surface area contributed by atoms with Gasteiger partial charge in [0.15, 0.2) is 0 Å². The van der Waals surface area contributed by atoms with E-state index in [1.807, 2.05) is 0 Å². The molecule has 0 aliphatic carbocycles. The lowest BCUT2D eigenvalue weighted by Crippen LogP contribution is -2.06. The van der Waals surface area contributed by atoms with E-state index in [0.717, 1.165) is 24.3 Å². The molecule has 18 heteroatoms. The van der Waals surface area contributed by atoms with E-state index >= 15 is 0 Å². The largest absolute Gasteiger partial charge is 0.719 e. The average Bonchev–Trinajstić information content (AvgIpc) is 2.60. The second-order valence-electron chi connectivity index (χ2n) is 5.01. The normalized spacial score (nSPS) is 16.9. The summed E-state index contributed by atoms with van der Waals surface area (Å²) in [5.74, 6) is 0. The minimum atomic E-state index is -5.66. The van der Waals surface area contributed by atoms with Crippen molar-refractivity contribution in [3.63, 3.8) is 0 Å². The molecule has 2 aromatic carbocycles. The van der Waals surface area contributed by atoms with Crippen LogP contribution in [0.15, 0.2) is 70.5 Å². The van der Waals surface area contributed by atoms with Gasteiger partial charge in [0.1, 0.15) is 0 Å². The summed E-state index contributed by atoms with van der Waals surface area (Å²) in [4.78, 5) is 17.8. The summed E-state index contributed by atoms with van der Waals surface area (Å²) < 4.78 is 98.2. The Bertz CT molecular complexity index is 1120. The lowest BCUT2D eigenvalue weighted by Gasteiger charge is -2.07. The molecular formula is C12H12O13P3S2+. The van der Waals surface area contributed by atoms with Crippen LogP contribution in [0.25, 0.3) is 0 Å². The molecule has 0 aliphatic rings. The van der Waals surface area contributed by atoms with Crippen LogP contribution in [-0.4, -0.2) is 26.6 Å². The van der Waals surface area contributed by atoms with E-state index in [1.165, 1.54) is 36.4 Å². The van der Waals surface area contributed by atoms with Gasteiger partial charge in [-0.3, -0.25) is 9.79 Å². The van der Waals surface area contributed by atoms with E-state index < -0.39 is 53.9 Å². The first-order valence-corrected chi connectivity index (χ1v) is 14.2. The number of benzene rings is 2. The molecule has 0 aliphatic heterocycles. The lowest BCUT2D eigenvalue weighted by atomic mass is 10.4. The molecule has 0 saturated heterocycles. The van der Waals surface area contributed by atoms with E-state index in [0.29, 0.717) is 0 Å². The molecule has 0 spiro atoms. The maximum Gasteiger partial charge on any atom is 0.719 e. The molecule has 2 atom stereocenters. The van der Waals surface area contributed by atoms with Gasteiger partial charge >= 0.3 is 44.1 Å². The molecule has 30 heavy (non-hydrogen) atoms. The summed E-state index contributed by atoms with van der Waals surface area (Å²) in [7, 11) is -25.1. The fourth-order valence-corrected chi connectivity index (χ4v) is 7.82. The van der Waals surface area contributed by atoms with Crippen LogP contribution in [0.3, 0.4) is 0 Å². The van der Waals surface area contributed by atoms with Gasteiger partial charge in [0.25, 0.3) is 0 Å². The van der Waals surface area contributed by atoms with Gasteiger partial charge < -0.3 is 0 Å². The molecule has 2 unspecified atom stereocenters. The zero-order chi connectivity index (χ0) is 22.6. The van der Waals surface area contributed by atoms with E-state index in [9.17, 15) is 40.3 Å². The molecule has 2 aromatic rings. The van der Waals surface area contributed by atoms with Crippen molar-refractivity contribution in [3.8, 4) is 0 Å². The molecule has 0 bridgehead atoms. The fourth-order valence-electron chi connectivity index (χ4n) is 1.72. The van der Waals surface area contributed by atoms with Crippen molar-refractivity contribution in [2.75, 3.05) is 0 Å². The minimum Gasteiger partial charge on any atom is -0.299 e. The SMILES string of the molecule is O=[P+](OP(=O)(O)OS(=O)(=O)c1ccccc1)OP(=O)(O)OS(=O)(=O)c1ccccc1. The molecule has 2 N–H and O–H groups in total. The Morgan fingerprint density at radius 3 is 1.27 bits per heavy atom. The van der Waals surface area contributed by atoms with E-state index in [1.54, 1.807) is 0 Å². The Hall–Kier alpha value is -1.34. The molecule has 0 amide bonds. The third-order valence-corrected chi connectivity index (χ3v) is 10.3. The second-order valence-corrected chi connectivity index (χ2v) is 12.6. The summed E-state index contributed by atoms with van der Waals surface area (Å²) in [6.07, 6.45) is 0. The highest BCUT2D eigenvalue weighted by Gasteiger charge is 2.49. The average molecular weight is 521 g/mol. The monoisotopic (exact) mass is 521 g/mol. The summed E-state index contributed by atoms with van der Waals surface area (Å²) in [6.45, 7) is 0. The Balaban J connectivity index is 2.06. The summed E-state index contributed by atoms with van der Waals surface area (Å²) >= 11 is 0. The van der Waals surface area contributed by atoms with Crippen LogP contribution >= 0.6 is 23.9 Å². The van der Waals surface area contributed by atoms with Crippen LogP contribution in [0, 0.1) is 0 Å². The Morgan fingerprint density at radius 1 is 0.667 bits per heavy atom. The van der Waals surface area contributed by atoms with Crippen molar-refractivity contribution in [3.05, 3.63) is 60.7 Å². The molecule has 0 radical (unpaired) electrons. The zero-order valence-corrected chi connectivity index (χ0v) is 18.6. The maximum absolute atomic E-state index is 11.9. The molecule has 0 aromatic heterocycles. The number of hydrogen-bond acceptors (Lipinski definition) is 11. The Morgan fingerprint density at radius 2 is 0.967 bits per heavy atom. The van der Waals surface area contributed by atoms with Crippen molar-refractivity contribution in [1.29, 1.82) is 0 Å². The number of hydrogen-bond donors (Lipinski definition) is 2. The first-order valence-electron chi connectivity index (χ1n) is 7.27. The smallest absolute Gasteiger partial charge is 0.299 e. The highest BCUT2D eigenvalue weighted by atomic mass is 32.2. The fraction of sp³-hybridized carbons (Fsp3) is 0. The molecule has 0 heterocycles. The van der Waals surface area contributed by atoms with Gasteiger partial charge in [-0.1, -0.05) is 36.4 Å². The highest BCUT2D eigenvalue weighted by molar-refractivity contribution is 7.91. The maximum atomic E-state index is 11.9. The highest BCUT2D eigenvalue weighted by Crippen LogP contribution is 2.61. The van der Waals surface area contributed by atoms with Crippen LogP contribution in [0.2, 0.25) is 0 Å². The van der Waals surface area contributed by atoms with Gasteiger partial charge in [-0.25, -0.2) is 9.13 Å². The van der Waals surface area contributed by atoms with Crippen LogP contribution < -0.4 is 0 Å². The van der Waals surface area contributed by atoms with Gasteiger partial charge in [0.2, 0.25) is 0 Å². The Labute approximate surface area is 171 Å². The Kier molecular flexibility index (Phi) is 7.83. The van der Waals surface area contributed by atoms with Crippen molar-refractivity contribution in [2.45, 2.75) is 9.79 Å². The van der Waals surface area contributed by atoms with Gasteiger partial charge in [0, 0.05) is 4.57 Å². The summed E-state index contributed by atoms with van der Waals surface area (Å²) in [6, 6.07) is 12.0. The van der Waals surface area contributed by atoms with Crippen molar-refractivity contribution in [2.24, 2.45) is 0 Å². The standard InChI is InChI=1S/C12H11O13P3S2/c13-26(22-27(14,15)24-29(18,19)11-7-3-1-4-8-11)23-28(16,17)25-30(20,21)12-9-5-2-6-10-12/h1-10H,(H-,14,15,16,17)/p+1. The molecule has 0 saturated carbocycles. The summed E-state index contributed by atoms with van der Waals surface area (Å²) in [5.41, 5.74) is 0. The zero-order valence-electron chi connectivity index (χ0n) is 14.3.